The maximum Gasteiger partial charge on any atom is 0.119 e. The fourth-order valence-corrected chi connectivity index (χ4v) is 2.31. The van der Waals surface area contributed by atoms with Gasteiger partial charge < -0.3 is 14.8 Å². The van der Waals surface area contributed by atoms with Gasteiger partial charge in [-0.2, -0.15) is 0 Å². The topological polar surface area (TPSA) is 30.5 Å². The van der Waals surface area contributed by atoms with E-state index in [0.717, 1.165) is 12.2 Å². The molecule has 1 N–H and O–H groups in total. The Kier molecular flexibility index (Phi) is 5.83. The summed E-state index contributed by atoms with van der Waals surface area (Å²) in [5, 5.41) is 3.60. The average molecular weight is 265 g/mol. The van der Waals surface area contributed by atoms with E-state index >= 15 is 0 Å². The molecule has 0 aliphatic carbocycles. The Labute approximate surface area is 117 Å². The van der Waals surface area contributed by atoms with Crippen molar-refractivity contribution in [3.63, 3.8) is 0 Å². The first kappa shape index (κ1) is 16.0. The summed E-state index contributed by atoms with van der Waals surface area (Å²) >= 11 is 0. The lowest BCUT2D eigenvalue weighted by molar-refractivity contribution is 0.00782. The molecule has 0 aromatic heterocycles. The molecular formula is C16H27NO2. The molecule has 108 valence electrons. The zero-order valence-electron chi connectivity index (χ0n) is 13.0. The summed E-state index contributed by atoms with van der Waals surface area (Å²) in [5.74, 6) is 0.899. The number of rotatable bonds is 7. The maximum absolute atomic E-state index is 5.47. The second-order valence-electron chi connectivity index (χ2n) is 5.73. The highest BCUT2D eigenvalue weighted by Crippen LogP contribution is 2.21. The lowest BCUT2D eigenvalue weighted by Gasteiger charge is -2.29. The van der Waals surface area contributed by atoms with Gasteiger partial charge in [-0.3, -0.25) is 0 Å². The van der Waals surface area contributed by atoms with Gasteiger partial charge in [0.05, 0.1) is 12.7 Å². The van der Waals surface area contributed by atoms with E-state index in [-0.39, 0.29) is 11.6 Å². The molecule has 0 aliphatic heterocycles. The number of hydrogen-bond donors (Lipinski definition) is 1. The van der Waals surface area contributed by atoms with Crippen molar-refractivity contribution in [2.45, 2.75) is 51.8 Å². The van der Waals surface area contributed by atoms with Crippen molar-refractivity contribution in [2.24, 2.45) is 0 Å². The van der Waals surface area contributed by atoms with Gasteiger partial charge in [0, 0.05) is 19.2 Å². The van der Waals surface area contributed by atoms with Gasteiger partial charge >= 0.3 is 0 Å². The summed E-state index contributed by atoms with van der Waals surface area (Å²) < 4.78 is 10.7. The van der Waals surface area contributed by atoms with E-state index < -0.39 is 0 Å². The van der Waals surface area contributed by atoms with Gasteiger partial charge in [0.15, 0.2) is 0 Å². The highest BCUT2D eigenvalue weighted by molar-refractivity contribution is 5.30. The van der Waals surface area contributed by atoms with Crippen LogP contribution in [0.25, 0.3) is 0 Å². The predicted molar refractivity (Wildman–Crippen MR) is 79.7 cm³/mol. The van der Waals surface area contributed by atoms with Crippen LogP contribution in [0.5, 0.6) is 5.75 Å². The highest BCUT2D eigenvalue weighted by atomic mass is 16.5. The largest absolute Gasteiger partial charge is 0.497 e. The Morgan fingerprint density at radius 1 is 1.21 bits per heavy atom. The van der Waals surface area contributed by atoms with Crippen LogP contribution in [0.15, 0.2) is 24.3 Å². The van der Waals surface area contributed by atoms with E-state index in [0.29, 0.717) is 6.04 Å². The van der Waals surface area contributed by atoms with Crippen molar-refractivity contribution < 1.29 is 9.47 Å². The standard InChI is InChI=1S/C16H27NO2/c1-12(11-16(3,4)19-6)17-13(2)14-8-7-9-15(10-14)18-5/h7-10,12-13,17H,11H2,1-6H3/t12?,13-/m1/s1. The highest BCUT2D eigenvalue weighted by Gasteiger charge is 2.21. The van der Waals surface area contributed by atoms with E-state index in [4.69, 9.17) is 9.47 Å². The molecule has 0 saturated carbocycles. The summed E-state index contributed by atoms with van der Waals surface area (Å²) in [6.07, 6.45) is 0.970. The van der Waals surface area contributed by atoms with Crippen LogP contribution >= 0.6 is 0 Å². The number of hydrogen-bond acceptors (Lipinski definition) is 3. The third kappa shape index (κ3) is 5.21. The summed E-state index contributed by atoms with van der Waals surface area (Å²) in [4.78, 5) is 0. The van der Waals surface area contributed by atoms with Crippen LogP contribution in [0.1, 0.15) is 45.7 Å². The fraction of sp³-hybridized carbons (Fsp3) is 0.625. The molecule has 2 atom stereocenters. The molecule has 0 radical (unpaired) electrons. The Morgan fingerprint density at radius 2 is 1.89 bits per heavy atom. The Hall–Kier alpha value is -1.06. The first-order valence-corrected chi connectivity index (χ1v) is 6.83. The number of benzene rings is 1. The van der Waals surface area contributed by atoms with Gasteiger partial charge in [-0.25, -0.2) is 0 Å². The molecule has 1 aromatic rings. The fourth-order valence-electron chi connectivity index (χ4n) is 2.31. The first-order valence-electron chi connectivity index (χ1n) is 6.83. The molecule has 1 aromatic carbocycles. The van der Waals surface area contributed by atoms with Crippen molar-refractivity contribution in [3.05, 3.63) is 29.8 Å². The Bertz CT molecular complexity index is 390. The van der Waals surface area contributed by atoms with Gasteiger partial charge in [-0.15, -0.1) is 0 Å². The minimum atomic E-state index is -0.0967. The molecule has 1 unspecified atom stereocenters. The zero-order valence-corrected chi connectivity index (χ0v) is 13.0. The molecule has 0 saturated heterocycles. The Morgan fingerprint density at radius 3 is 2.47 bits per heavy atom. The molecule has 3 nitrogen and oxygen atoms in total. The maximum atomic E-state index is 5.47. The van der Waals surface area contributed by atoms with Crippen molar-refractivity contribution >= 4 is 0 Å². The van der Waals surface area contributed by atoms with Crippen LogP contribution in [-0.2, 0) is 4.74 Å². The monoisotopic (exact) mass is 265 g/mol. The molecule has 0 bridgehead atoms. The summed E-state index contributed by atoms with van der Waals surface area (Å²) in [7, 11) is 3.46. The molecule has 1 rings (SSSR count). The van der Waals surface area contributed by atoms with Crippen molar-refractivity contribution in [1.82, 2.24) is 5.32 Å². The van der Waals surface area contributed by atoms with Gasteiger partial charge in [-0.1, -0.05) is 12.1 Å². The van der Waals surface area contributed by atoms with Crippen LogP contribution in [0.3, 0.4) is 0 Å². The van der Waals surface area contributed by atoms with Gasteiger partial charge in [-0.05, 0) is 51.8 Å². The normalized spacial score (nSPS) is 15.1. The van der Waals surface area contributed by atoms with E-state index in [9.17, 15) is 0 Å². The Balaban J connectivity index is 2.60. The van der Waals surface area contributed by atoms with Crippen molar-refractivity contribution in [3.8, 4) is 5.75 Å². The smallest absolute Gasteiger partial charge is 0.119 e. The quantitative estimate of drug-likeness (QED) is 0.818. The summed E-state index contributed by atoms with van der Waals surface area (Å²) in [6.45, 7) is 8.59. The van der Waals surface area contributed by atoms with Gasteiger partial charge in [0.25, 0.3) is 0 Å². The van der Waals surface area contributed by atoms with E-state index in [1.807, 2.05) is 12.1 Å². The molecule has 0 aliphatic rings. The molecule has 19 heavy (non-hydrogen) atoms. The lowest BCUT2D eigenvalue weighted by Crippen LogP contribution is -2.36. The third-order valence-electron chi connectivity index (χ3n) is 3.48. The van der Waals surface area contributed by atoms with Crippen LogP contribution in [0, 0.1) is 0 Å². The molecule has 3 heteroatoms. The van der Waals surface area contributed by atoms with E-state index in [1.165, 1.54) is 5.56 Å². The summed E-state index contributed by atoms with van der Waals surface area (Å²) in [5.41, 5.74) is 1.14. The molecular weight excluding hydrogens is 238 g/mol. The molecule has 0 spiro atoms. The van der Waals surface area contributed by atoms with E-state index in [1.54, 1.807) is 14.2 Å². The molecule has 0 amide bonds. The number of nitrogens with one attached hydrogen (secondary N) is 1. The van der Waals surface area contributed by atoms with Crippen LogP contribution in [-0.4, -0.2) is 25.9 Å². The minimum Gasteiger partial charge on any atom is -0.497 e. The van der Waals surface area contributed by atoms with Crippen LogP contribution < -0.4 is 10.1 Å². The number of methoxy groups -OCH3 is 2. The predicted octanol–water partition coefficient (Wildman–Crippen LogP) is 3.55. The molecule has 0 fully saturated rings. The second-order valence-corrected chi connectivity index (χ2v) is 5.73. The van der Waals surface area contributed by atoms with Crippen molar-refractivity contribution in [1.29, 1.82) is 0 Å². The number of ether oxygens (including phenoxy) is 2. The molecule has 0 heterocycles. The third-order valence-corrected chi connectivity index (χ3v) is 3.48. The summed E-state index contributed by atoms with van der Waals surface area (Å²) in [6, 6.07) is 8.86. The van der Waals surface area contributed by atoms with Gasteiger partial charge in [0.1, 0.15) is 5.75 Å². The minimum absolute atomic E-state index is 0.0967. The van der Waals surface area contributed by atoms with Crippen LogP contribution in [0.2, 0.25) is 0 Å². The zero-order chi connectivity index (χ0) is 14.5. The van der Waals surface area contributed by atoms with Crippen LogP contribution in [0.4, 0.5) is 0 Å². The second kappa shape index (κ2) is 6.92. The van der Waals surface area contributed by atoms with Crippen molar-refractivity contribution in [2.75, 3.05) is 14.2 Å². The first-order chi connectivity index (χ1) is 8.88. The van der Waals surface area contributed by atoms with E-state index in [2.05, 4.69) is 45.1 Å². The lowest BCUT2D eigenvalue weighted by atomic mass is 9.98. The van der Waals surface area contributed by atoms with Gasteiger partial charge in [0.2, 0.25) is 0 Å². The SMILES string of the molecule is COc1cccc([C@@H](C)NC(C)CC(C)(C)OC)c1. The average Bonchev–Trinajstić information content (AvgIpc) is 2.38.